The minimum atomic E-state index is -5.86. The topological polar surface area (TPSA) is 69.6 Å². The van der Waals surface area contributed by atoms with Gasteiger partial charge in [0.25, 0.3) is 0 Å². The monoisotopic (exact) mass is 642 g/mol. The lowest BCUT2D eigenvalue weighted by atomic mass is 9.50. The Hall–Kier alpha value is -3.18. The average molecular weight is 643 g/mol. The van der Waals surface area contributed by atoms with Crippen LogP contribution in [0.15, 0.2) is 65.7 Å². The molecule has 11 heteroatoms. The molecule has 0 amide bonds. The van der Waals surface area contributed by atoms with Crippen molar-refractivity contribution in [1.82, 2.24) is 14.9 Å². The van der Waals surface area contributed by atoms with E-state index in [1.54, 1.807) is 24.7 Å². The zero-order chi connectivity index (χ0) is 32.5. The van der Waals surface area contributed by atoms with Crippen molar-refractivity contribution in [3.05, 3.63) is 76.8 Å². The molecule has 2 heterocycles. The lowest BCUT2D eigenvalue weighted by molar-refractivity contribution is -0.362. The Morgan fingerprint density at radius 1 is 0.978 bits per heavy atom. The van der Waals surface area contributed by atoms with Gasteiger partial charge in [-0.3, -0.25) is 14.7 Å². The van der Waals surface area contributed by atoms with Gasteiger partial charge in [0, 0.05) is 62.9 Å². The second kappa shape index (κ2) is 11.2. The number of fused-ring (bicyclic) bond motifs is 4. The van der Waals surface area contributed by atoms with Crippen molar-refractivity contribution in [2.24, 2.45) is 17.3 Å². The molecule has 7 rings (SSSR count). The van der Waals surface area contributed by atoms with Crippen molar-refractivity contribution >= 4 is 11.6 Å². The summed E-state index contributed by atoms with van der Waals surface area (Å²) in [4.78, 5) is 25.4. The zero-order valence-electron chi connectivity index (χ0n) is 25.9. The molecule has 1 N–H and O–H groups in total. The fraction of sp³-hybridized carbons (Fsp3) is 0.571. The first-order valence-corrected chi connectivity index (χ1v) is 16.3. The molecule has 1 saturated heterocycles. The number of hydrogen-bond donors (Lipinski definition) is 1. The molecular weight excluding hydrogens is 603 g/mol. The van der Waals surface area contributed by atoms with Gasteiger partial charge in [-0.25, -0.2) is 4.98 Å². The largest absolute Gasteiger partial charge is 0.456 e. The van der Waals surface area contributed by atoms with E-state index in [2.05, 4.69) is 19.8 Å². The maximum Gasteiger partial charge on any atom is 0.456 e. The Bertz CT molecular complexity index is 1550. The van der Waals surface area contributed by atoms with E-state index >= 15 is 8.78 Å². The Balaban J connectivity index is 1.19. The van der Waals surface area contributed by atoms with Crippen molar-refractivity contribution in [3.63, 3.8) is 0 Å². The van der Waals surface area contributed by atoms with Crippen LogP contribution in [-0.2, 0) is 11.3 Å². The average Bonchev–Trinajstić information content (AvgIpc) is 3.32. The molecule has 0 bridgehead atoms. The van der Waals surface area contributed by atoms with Crippen LogP contribution in [0.1, 0.15) is 68.9 Å². The molecule has 1 aromatic carbocycles. The summed E-state index contributed by atoms with van der Waals surface area (Å²) in [6.07, 6.45) is 2.50. The van der Waals surface area contributed by atoms with Crippen molar-refractivity contribution in [2.45, 2.75) is 82.0 Å². The maximum atomic E-state index is 15.2. The third-order valence-electron chi connectivity index (χ3n) is 11.8. The van der Waals surface area contributed by atoms with E-state index in [-0.39, 0.29) is 24.5 Å². The van der Waals surface area contributed by atoms with Crippen LogP contribution in [0.4, 0.5) is 27.8 Å². The molecule has 246 valence electrons. The van der Waals surface area contributed by atoms with E-state index in [4.69, 9.17) is 0 Å². The third-order valence-corrected chi connectivity index (χ3v) is 11.8. The molecule has 5 atom stereocenters. The number of benzene rings is 1. The number of aliphatic hydroxyl groups is 1. The van der Waals surface area contributed by atoms with Crippen LogP contribution in [0, 0.1) is 17.3 Å². The van der Waals surface area contributed by atoms with E-state index in [1.165, 1.54) is 6.92 Å². The highest BCUT2D eigenvalue weighted by atomic mass is 19.4. The fourth-order valence-corrected chi connectivity index (χ4v) is 9.42. The van der Waals surface area contributed by atoms with Gasteiger partial charge in [-0.05, 0) is 78.7 Å². The molecule has 0 radical (unpaired) electrons. The number of carbonyl (C=O) groups excluding carboxylic acids is 1. The van der Waals surface area contributed by atoms with Crippen LogP contribution in [0.2, 0.25) is 0 Å². The van der Waals surface area contributed by atoms with Gasteiger partial charge in [0.2, 0.25) is 0 Å². The van der Waals surface area contributed by atoms with Crippen LogP contribution < -0.4 is 4.90 Å². The Kier molecular flexibility index (Phi) is 7.66. The number of allylic oxidation sites excluding steroid dienone is 4. The number of halogens is 5. The van der Waals surface area contributed by atoms with Gasteiger partial charge < -0.3 is 10.0 Å². The van der Waals surface area contributed by atoms with Gasteiger partial charge in [-0.15, -0.1) is 0 Å². The normalized spacial score (nSPS) is 32.2. The number of anilines is 1. The van der Waals surface area contributed by atoms with Crippen LogP contribution in [-0.4, -0.2) is 69.6 Å². The van der Waals surface area contributed by atoms with Crippen LogP contribution >= 0.6 is 0 Å². The summed E-state index contributed by atoms with van der Waals surface area (Å²) in [6, 6.07) is 8.00. The summed E-state index contributed by atoms with van der Waals surface area (Å²) in [5.41, 5.74) is 0.209. The molecule has 46 heavy (non-hydrogen) atoms. The first-order chi connectivity index (χ1) is 21.8. The molecule has 6 nitrogen and oxygen atoms in total. The number of rotatable bonds is 5. The minimum absolute atomic E-state index is 0.0138. The predicted molar refractivity (Wildman–Crippen MR) is 162 cm³/mol. The molecule has 1 aromatic heterocycles. The standard InChI is InChI=1S/C35H39F5N4O2/c1-32-19-28(23-4-2-22(3-5-23)21-43-14-16-44(17-15-43)30-20-41-12-13-42-30)31-26-9-7-25(45)18-24(26)6-8-27(31)29(32)10-11-33(32,46)34(36,37)35(38,39)40/h2-5,12-13,18,20,27-29,46H,6-11,14-17,19,21H2,1H3/t27?,28-,29?,32+,33+/m1/s1. The van der Waals surface area contributed by atoms with E-state index in [0.29, 0.717) is 25.7 Å². The Morgan fingerprint density at radius 3 is 2.39 bits per heavy atom. The highest BCUT2D eigenvalue weighted by Crippen LogP contribution is 2.70. The van der Waals surface area contributed by atoms with Gasteiger partial charge >= 0.3 is 12.1 Å². The van der Waals surface area contributed by atoms with Gasteiger partial charge in [0.1, 0.15) is 11.4 Å². The SMILES string of the molecule is C[C@]12C[C@H](c3ccc(CN4CCN(c5cnccn5)CC4)cc3)C3=C4CCC(=O)C=C4CCC3C1CC[C@@]2(O)C(F)(F)C(F)(F)F. The van der Waals surface area contributed by atoms with Crippen LogP contribution in [0.3, 0.4) is 0 Å². The molecule has 0 spiro atoms. The Morgan fingerprint density at radius 2 is 1.72 bits per heavy atom. The van der Waals surface area contributed by atoms with Gasteiger partial charge in [-0.1, -0.05) is 36.8 Å². The van der Waals surface area contributed by atoms with Gasteiger partial charge in [0.15, 0.2) is 5.78 Å². The lowest BCUT2D eigenvalue weighted by Gasteiger charge is -2.56. The smallest absolute Gasteiger partial charge is 0.383 e. The lowest BCUT2D eigenvalue weighted by Crippen LogP contribution is -2.65. The predicted octanol–water partition coefficient (Wildman–Crippen LogP) is 6.63. The zero-order valence-corrected chi connectivity index (χ0v) is 25.9. The minimum Gasteiger partial charge on any atom is -0.383 e. The number of ketones is 1. The summed E-state index contributed by atoms with van der Waals surface area (Å²) in [7, 11) is 0. The summed E-state index contributed by atoms with van der Waals surface area (Å²) in [5, 5.41) is 11.5. The van der Waals surface area contributed by atoms with E-state index in [0.717, 1.165) is 66.4 Å². The van der Waals surface area contributed by atoms with Crippen LogP contribution in [0.5, 0.6) is 0 Å². The number of aromatic nitrogens is 2. The third kappa shape index (κ3) is 4.91. The molecule has 2 unspecified atom stereocenters. The highest BCUT2D eigenvalue weighted by molar-refractivity contribution is 5.93. The highest BCUT2D eigenvalue weighted by Gasteiger charge is 2.79. The Labute approximate surface area is 265 Å². The van der Waals surface area contributed by atoms with Crippen molar-refractivity contribution in [1.29, 1.82) is 0 Å². The second-order valence-electron chi connectivity index (χ2n) is 14.0. The summed E-state index contributed by atoms with van der Waals surface area (Å²) >= 11 is 0. The molecule has 4 aliphatic carbocycles. The molecule has 2 aromatic rings. The van der Waals surface area contributed by atoms with E-state index < -0.39 is 41.4 Å². The van der Waals surface area contributed by atoms with Gasteiger partial charge in [-0.2, -0.15) is 22.0 Å². The summed E-state index contributed by atoms with van der Waals surface area (Å²) < 4.78 is 72.0. The van der Waals surface area contributed by atoms with E-state index in [1.807, 2.05) is 24.3 Å². The number of carbonyl (C=O) groups is 1. The first-order valence-electron chi connectivity index (χ1n) is 16.3. The number of alkyl halides is 5. The van der Waals surface area contributed by atoms with Crippen molar-refractivity contribution in [3.8, 4) is 0 Å². The number of piperazine rings is 1. The van der Waals surface area contributed by atoms with Crippen molar-refractivity contribution < 1.29 is 31.9 Å². The first kappa shape index (κ1) is 31.4. The summed E-state index contributed by atoms with van der Waals surface area (Å²) in [6.45, 7) is 5.52. The van der Waals surface area contributed by atoms with Gasteiger partial charge in [0.05, 0.1) is 6.20 Å². The second-order valence-corrected chi connectivity index (χ2v) is 14.0. The molecule has 3 fully saturated rings. The number of nitrogens with zero attached hydrogens (tertiary/aromatic N) is 4. The van der Waals surface area contributed by atoms with Crippen LogP contribution in [0.25, 0.3) is 0 Å². The van der Waals surface area contributed by atoms with Crippen molar-refractivity contribution in [2.75, 3.05) is 31.1 Å². The van der Waals surface area contributed by atoms with E-state index in [9.17, 15) is 23.1 Å². The molecular formula is C35H39F5N4O2. The molecule has 1 aliphatic heterocycles. The summed E-state index contributed by atoms with van der Waals surface area (Å²) in [5.74, 6) is -5.49. The quantitative estimate of drug-likeness (QED) is 0.370. The fourth-order valence-electron chi connectivity index (χ4n) is 9.42. The molecule has 2 saturated carbocycles. The molecule has 5 aliphatic rings. The number of hydrogen-bond acceptors (Lipinski definition) is 6. The maximum absolute atomic E-state index is 15.2.